The van der Waals surface area contributed by atoms with Crippen LogP contribution < -0.4 is 0 Å². The maximum Gasteiger partial charge on any atom is 0.157 e. The average Bonchev–Trinajstić information content (AvgIpc) is 3.36. The van der Waals surface area contributed by atoms with Crippen LogP contribution in [0.5, 0.6) is 0 Å². The lowest BCUT2D eigenvalue weighted by molar-refractivity contribution is -0.208. The monoisotopic (exact) mass is 288 g/mol. The van der Waals surface area contributed by atoms with Gasteiger partial charge >= 0.3 is 0 Å². The van der Waals surface area contributed by atoms with Crippen molar-refractivity contribution in [3.8, 4) is 0 Å². The van der Waals surface area contributed by atoms with Gasteiger partial charge in [-0.15, -0.1) is 0 Å². The Labute approximate surface area is 119 Å². The number of epoxide rings is 2. The van der Waals surface area contributed by atoms with Crippen molar-refractivity contribution in [2.75, 3.05) is 26.4 Å². The van der Waals surface area contributed by atoms with E-state index in [1.54, 1.807) is 0 Å². The molecule has 1 aliphatic carbocycles. The standard InChI is InChI=1S/C14H24O6/c15-13(19-7-9-5-17-9)11-3-1-2-4-12(11)14(16)20-8-10-6-18-10/h9-16H,1-8H2/t9?,10?,11-,12?,13?,14+/m1/s1. The highest BCUT2D eigenvalue weighted by Gasteiger charge is 2.38. The molecule has 2 aliphatic heterocycles. The second-order valence-corrected chi connectivity index (χ2v) is 5.97. The molecule has 0 aromatic rings. The molecule has 0 aromatic carbocycles. The van der Waals surface area contributed by atoms with Crippen LogP contribution in [0.4, 0.5) is 0 Å². The SMILES string of the molecule is OC(OCC1CO1)[C@@H]1CCCCC1[C@@H](O)OCC1CO1. The second kappa shape index (κ2) is 6.68. The summed E-state index contributed by atoms with van der Waals surface area (Å²) in [6, 6.07) is 0. The zero-order valence-corrected chi connectivity index (χ0v) is 11.6. The number of aliphatic hydroxyl groups is 2. The van der Waals surface area contributed by atoms with E-state index in [1.165, 1.54) is 0 Å². The first-order valence-electron chi connectivity index (χ1n) is 7.56. The molecule has 0 aromatic heterocycles. The molecule has 4 unspecified atom stereocenters. The number of rotatable bonds is 8. The molecule has 6 nitrogen and oxygen atoms in total. The van der Waals surface area contributed by atoms with Crippen molar-refractivity contribution in [3.63, 3.8) is 0 Å². The molecule has 1 saturated carbocycles. The first kappa shape index (κ1) is 14.7. The summed E-state index contributed by atoms with van der Waals surface area (Å²) >= 11 is 0. The summed E-state index contributed by atoms with van der Waals surface area (Å²) in [6.45, 7) is 2.29. The minimum atomic E-state index is -0.847. The molecule has 2 N–H and O–H groups in total. The first-order valence-corrected chi connectivity index (χ1v) is 7.56. The molecule has 0 amide bonds. The Kier molecular flexibility index (Phi) is 4.91. The minimum absolute atomic E-state index is 0.0716. The van der Waals surface area contributed by atoms with Crippen LogP contribution in [0.2, 0.25) is 0 Å². The van der Waals surface area contributed by atoms with Gasteiger partial charge in [-0.05, 0) is 12.8 Å². The molecule has 3 fully saturated rings. The van der Waals surface area contributed by atoms with Gasteiger partial charge in [0.05, 0.1) is 26.4 Å². The van der Waals surface area contributed by atoms with E-state index in [2.05, 4.69) is 0 Å². The third-order valence-corrected chi connectivity index (χ3v) is 4.32. The van der Waals surface area contributed by atoms with Gasteiger partial charge in [0, 0.05) is 11.8 Å². The Morgan fingerprint density at radius 3 is 1.60 bits per heavy atom. The lowest BCUT2D eigenvalue weighted by atomic mass is 9.78. The van der Waals surface area contributed by atoms with E-state index < -0.39 is 12.6 Å². The first-order chi connectivity index (χ1) is 9.74. The van der Waals surface area contributed by atoms with Gasteiger partial charge in [-0.1, -0.05) is 12.8 Å². The van der Waals surface area contributed by atoms with Gasteiger partial charge in [0.2, 0.25) is 0 Å². The Morgan fingerprint density at radius 1 is 0.850 bits per heavy atom. The summed E-state index contributed by atoms with van der Waals surface area (Å²) in [7, 11) is 0. The number of hydrogen-bond donors (Lipinski definition) is 2. The summed E-state index contributed by atoms with van der Waals surface area (Å²) in [5.74, 6) is -0.143. The van der Waals surface area contributed by atoms with E-state index in [0.717, 1.165) is 25.7 Å². The third-order valence-electron chi connectivity index (χ3n) is 4.32. The van der Waals surface area contributed by atoms with Gasteiger partial charge in [-0.2, -0.15) is 0 Å². The molecule has 116 valence electrons. The zero-order valence-electron chi connectivity index (χ0n) is 11.6. The number of hydrogen-bond acceptors (Lipinski definition) is 6. The van der Waals surface area contributed by atoms with Crippen molar-refractivity contribution in [1.82, 2.24) is 0 Å². The maximum atomic E-state index is 10.2. The highest BCUT2D eigenvalue weighted by molar-refractivity contribution is 4.81. The predicted octanol–water partition coefficient (Wildman–Crippen LogP) is 0.260. The molecular formula is C14H24O6. The van der Waals surface area contributed by atoms with Gasteiger partial charge in [0.15, 0.2) is 12.6 Å². The van der Waals surface area contributed by atoms with E-state index in [9.17, 15) is 10.2 Å². The van der Waals surface area contributed by atoms with Crippen LogP contribution >= 0.6 is 0 Å². The fraction of sp³-hybridized carbons (Fsp3) is 1.00. The van der Waals surface area contributed by atoms with E-state index in [-0.39, 0.29) is 24.0 Å². The second-order valence-electron chi connectivity index (χ2n) is 5.97. The molecule has 0 spiro atoms. The van der Waals surface area contributed by atoms with E-state index in [4.69, 9.17) is 18.9 Å². The molecule has 2 heterocycles. The van der Waals surface area contributed by atoms with Crippen molar-refractivity contribution in [1.29, 1.82) is 0 Å². The van der Waals surface area contributed by atoms with Gasteiger partial charge < -0.3 is 29.2 Å². The summed E-state index contributed by atoms with van der Waals surface area (Å²) in [5, 5.41) is 20.4. The average molecular weight is 288 g/mol. The maximum absolute atomic E-state index is 10.2. The highest BCUT2D eigenvalue weighted by atomic mass is 16.6. The number of ether oxygens (including phenoxy) is 4. The summed E-state index contributed by atoms with van der Waals surface area (Å²) in [5.41, 5.74) is 0. The minimum Gasteiger partial charge on any atom is -0.371 e. The van der Waals surface area contributed by atoms with Crippen LogP contribution in [-0.4, -0.2) is 61.4 Å². The van der Waals surface area contributed by atoms with Crippen LogP contribution in [0.15, 0.2) is 0 Å². The molecule has 3 rings (SSSR count). The fourth-order valence-electron chi connectivity index (χ4n) is 2.88. The van der Waals surface area contributed by atoms with E-state index in [1.807, 2.05) is 0 Å². The molecule has 2 saturated heterocycles. The fourth-order valence-corrected chi connectivity index (χ4v) is 2.88. The molecule has 20 heavy (non-hydrogen) atoms. The summed E-state index contributed by atoms with van der Waals surface area (Å²) < 4.78 is 21.1. The lowest BCUT2D eigenvalue weighted by Crippen LogP contribution is -2.40. The van der Waals surface area contributed by atoms with E-state index >= 15 is 0 Å². The van der Waals surface area contributed by atoms with Crippen molar-refractivity contribution in [3.05, 3.63) is 0 Å². The van der Waals surface area contributed by atoms with Gasteiger partial charge in [-0.25, -0.2) is 0 Å². The topological polar surface area (TPSA) is 84.0 Å². The Morgan fingerprint density at radius 2 is 1.25 bits per heavy atom. The van der Waals surface area contributed by atoms with Gasteiger partial charge in [0.25, 0.3) is 0 Å². The summed E-state index contributed by atoms with van der Waals surface area (Å²) in [6.07, 6.45) is 2.41. The third kappa shape index (κ3) is 4.13. The molecular weight excluding hydrogens is 264 g/mol. The Bertz CT molecular complexity index is 274. The van der Waals surface area contributed by atoms with Crippen molar-refractivity contribution in [2.45, 2.75) is 50.5 Å². The zero-order chi connectivity index (χ0) is 13.9. The number of aliphatic hydroxyl groups excluding tert-OH is 2. The molecule has 3 aliphatic rings. The molecule has 6 heteroatoms. The molecule has 0 radical (unpaired) electrons. The Hall–Kier alpha value is -0.240. The van der Waals surface area contributed by atoms with Crippen LogP contribution in [0.3, 0.4) is 0 Å². The van der Waals surface area contributed by atoms with Crippen LogP contribution in [0.25, 0.3) is 0 Å². The molecule has 0 bridgehead atoms. The van der Waals surface area contributed by atoms with E-state index in [0.29, 0.717) is 26.4 Å². The largest absolute Gasteiger partial charge is 0.371 e. The Balaban J connectivity index is 1.48. The van der Waals surface area contributed by atoms with Crippen molar-refractivity contribution in [2.24, 2.45) is 11.8 Å². The van der Waals surface area contributed by atoms with Crippen molar-refractivity contribution < 1.29 is 29.2 Å². The van der Waals surface area contributed by atoms with Crippen molar-refractivity contribution >= 4 is 0 Å². The quantitative estimate of drug-likeness (QED) is 0.492. The van der Waals surface area contributed by atoms with Gasteiger partial charge in [0.1, 0.15) is 12.2 Å². The smallest absolute Gasteiger partial charge is 0.157 e. The van der Waals surface area contributed by atoms with Crippen LogP contribution in [-0.2, 0) is 18.9 Å². The molecule has 6 atom stereocenters. The van der Waals surface area contributed by atoms with Crippen LogP contribution in [0, 0.1) is 11.8 Å². The lowest BCUT2D eigenvalue weighted by Gasteiger charge is -2.36. The highest BCUT2D eigenvalue weighted by Crippen LogP contribution is 2.36. The summed E-state index contributed by atoms with van der Waals surface area (Å²) in [4.78, 5) is 0. The van der Waals surface area contributed by atoms with Gasteiger partial charge in [-0.3, -0.25) is 0 Å². The predicted molar refractivity (Wildman–Crippen MR) is 68.8 cm³/mol. The van der Waals surface area contributed by atoms with Crippen LogP contribution in [0.1, 0.15) is 25.7 Å². The normalized spacial score (nSPS) is 39.3.